The number of hydrogen-bond donors (Lipinski definition) is 0. The van der Waals surface area contributed by atoms with Gasteiger partial charge in [-0.3, -0.25) is 0 Å². The third-order valence-electron chi connectivity index (χ3n) is 9.26. The molecule has 38 heavy (non-hydrogen) atoms. The van der Waals surface area contributed by atoms with Gasteiger partial charge in [0.15, 0.2) is 0 Å². The molecule has 0 amide bonds. The molecule has 2 aromatic carbocycles. The summed E-state index contributed by atoms with van der Waals surface area (Å²) in [6.45, 7) is 7.33. The molecular formula is C32H35FN2O3. The maximum atomic E-state index is 13.6. The molecule has 2 heterocycles. The van der Waals surface area contributed by atoms with E-state index in [2.05, 4.69) is 26.8 Å². The van der Waals surface area contributed by atoms with E-state index < -0.39 is 0 Å². The molecular weight excluding hydrogens is 479 g/mol. The van der Waals surface area contributed by atoms with E-state index in [9.17, 15) is 9.18 Å². The quantitative estimate of drug-likeness (QED) is 0.297. The van der Waals surface area contributed by atoms with Crippen LogP contribution in [0.25, 0.3) is 11.8 Å². The van der Waals surface area contributed by atoms with Gasteiger partial charge in [-0.25, -0.2) is 13.9 Å². The third-order valence-corrected chi connectivity index (χ3v) is 9.26. The zero-order valence-electron chi connectivity index (χ0n) is 22.4. The normalized spacial score (nSPS) is 26.4. The number of nitrogens with zero attached hydrogens (tertiary/aromatic N) is 2. The highest BCUT2D eigenvalue weighted by Gasteiger charge is 2.57. The number of esters is 1. The summed E-state index contributed by atoms with van der Waals surface area (Å²) in [5.41, 5.74) is 5.79. The molecule has 1 aliphatic heterocycles. The molecule has 3 aliphatic rings. The highest BCUT2D eigenvalue weighted by molar-refractivity contribution is 5.94. The lowest BCUT2D eigenvalue weighted by atomic mass is 9.59. The van der Waals surface area contributed by atoms with Gasteiger partial charge in [-0.1, -0.05) is 44.0 Å². The van der Waals surface area contributed by atoms with Crippen LogP contribution in [0.4, 0.5) is 4.39 Å². The van der Waals surface area contributed by atoms with Crippen molar-refractivity contribution in [1.82, 2.24) is 9.78 Å². The molecule has 1 saturated carbocycles. The fraction of sp³-hybridized carbons (Fsp3) is 0.438. The zero-order valence-corrected chi connectivity index (χ0v) is 22.4. The first-order valence-corrected chi connectivity index (χ1v) is 13.8. The van der Waals surface area contributed by atoms with Gasteiger partial charge in [0, 0.05) is 16.4 Å². The summed E-state index contributed by atoms with van der Waals surface area (Å²) in [6.07, 6.45) is 9.73. The monoisotopic (exact) mass is 514 g/mol. The van der Waals surface area contributed by atoms with Gasteiger partial charge in [0.2, 0.25) is 0 Å². The molecule has 6 rings (SSSR count). The minimum atomic E-state index is -0.275. The highest BCUT2D eigenvalue weighted by atomic mass is 19.1. The average molecular weight is 515 g/mol. The lowest BCUT2D eigenvalue weighted by Gasteiger charge is -2.47. The van der Waals surface area contributed by atoms with E-state index in [1.54, 1.807) is 12.1 Å². The van der Waals surface area contributed by atoms with Crippen molar-refractivity contribution in [3.63, 3.8) is 0 Å². The van der Waals surface area contributed by atoms with Crippen molar-refractivity contribution in [2.75, 3.05) is 6.61 Å². The smallest absolute Gasteiger partial charge is 0.339 e. The number of rotatable bonds is 8. The number of fused-ring (bicyclic) bond motifs is 3. The summed E-state index contributed by atoms with van der Waals surface area (Å²) in [5.74, 6) is -0.487. The summed E-state index contributed by atoms with van der Waals surface area (Å²) in [5, 5.41) is 4.69. The molecule has 0 bridgehead atoms. The van der Waals surface area contributed by atoms with Gasteiger partial charge in [-0.2, -0.15) is 5.10 Å². The summed E-state index contributed by atoms with van der Waals surface area (Å²) in [6, 6.07) is 14.2. The molecule has 1 fully saturated rings. The number of carbonyl (C=O) groups is 1. The standard InChI is InChI=1S/C32H35FN2O3/c1-4-7-21(2)37-20-32(18-29-26-8-5-6-9-27(26)30(36)38-29)15-14-23-16-28-22(17-31(23,32)3)19-34-35(28)25-12-10-24(33)11-13-25/h5-6,8-13,16,19,21,29H,4,7,14-15,17-18,20H2,1-3H3. The van der Waals surface area contributed by atoms with Crippen LogP contribution in [-0.4, -0.2) is 28.5 Å². The Morgan fingerprint density at radius 2 is 2.00 bits per heavy atom. The van der Waals surface area contributed by atoms with Crippen LogP contribution in [0.1, 0.15) is 86.2 Å². The van der Waals surface area contributed by atoms with Crippen molar-refractivity contribution >= 4 is 12.0 Å². The van der Waals surface area contributed by atoms with Gasteiger partial charge in [-0.15, -0.1) is 0 Å². The number of carbonyl (C=O) groups excluding carboxylic acids is 1. The Morgan fingerprint density at radius 3 is 2.79 bits per heavy atom. The molecule has 4 atom stereocenters. The van der Waals surface area contributed by atoms with Gasteiger partial charge in [0.25, 0.3) is 0 Å². The lowest BCUT2D eigenvalue weighted by Crippen LogP contribution is -2.44. The Kier molecular flexibility index (Phi) is 6.26. The van der Waals surface area contributed by atoms with Crippen molar-refractivity contribution in [1.29, 1.82) is 0 Å². The van der Waals surface area contributed by atoms with E-state index >= 15 is 0 Å². The molecule has 2 aliphatic carbocycles. The highest BCUT2D eigenvalue weighted by Crippen LogP contribution is 2.64. The van der Waals surface area contributed by atoms with Crippen LogP contribution in [0.2, 0.25) is 0 Å². The Labute approximate surface area is 223 Å². The van der Waals surface area contributed by atoms with Crippen molar-refractivity contribution in [2.45, 2.75) is 71.5 Å². The average Bonchev–Trinajstić information content (AvgIpc) is 3.54. The topological polar surface area (TPSA) is 53.4 Å². The Hall–Kier alpha value is -3.25. The molecule has 4 unspecified atom stereocenters. The Bertz CT molecular complexity index is 1390. The molecule has 6 heteroatoms. The minimum absolute atomic E-state index is 0.160. The van der Waals surface area contributed by atoms with Crippen LogP contribution < -0.4 is 0 Å². The summed E-state index contributed by atoms with van der Waals surface area (Å²) >= 11 is 0. The largest absolute Gasteiger partial charge is 0.454 e. The van der Waals surface area contributed by atoms with E-state index in [1.165, 1.54) is 23.3 Å². The number of aromatic nitrogens is 2. The predicted octanol–water partition coefficient (Wildman–Crippen LogP) is 7.24. The summed E-state index contributed by atoms with van der Waals surface area (Å²) in [7, 11) is 0. The predicted molar refractivity (Wildman–Crippen MR) is 145 cm³/mol. The number of benzene rings is 2. The van der Waals surface area contributed by atoms with Crippen molar-refractivity contribution < 1.29 is 18.7 Å². The maximum Gasteiger partial charge on any atom is 0.339 e. The first-order chi connectivity index (χ1) is 18.3. The van der Waals surface area contributed by atoms with E-state index in [4.69, 9.17) is 14.6 Å². The van der Waals surface area contributed by atoms with Crippen LogP contribution in [0.5, 0.6) is 0 Å². The van der Waals surface area contributed by atoms with Gasteiger partial charge >= 0.3 is 5.97 Å². The molecule has 0 N–H and O–H groups in total. The van der Waals surface area contributed by atoms with Crippen LogP contribution in [0.3, 0.4) is 0 Å². The third kappa shape index (κ3) is 4.01. The molecule has 198 valence electrons. The Morgan fingerprint density at radius 1 is 1.21 bits per heavy atom. The molecule has 3 aromatic rings. The number of ether oxygens (including phenoxy) is 2. The summed E-state index contributed by atoms with van der Waals surface area (Å²) < 4.78 is 28.0. The van der Waals surface area contributed by atoms with E-state index in [0.717, 1.165) is 55.5 Å². The molecule has 0 radical (unpaired) electrons. The summed E-state index contributed by atoms with van der Waals surface area (Å²) in [4.78, 5) is 12.7. The Balaban J connectivity index is 1.37. The number of hydrogen-bond acceptors (Lipinski definition) is 4. The van der Waals surface area contributed by atoms with Crippen LogP contribution in [0.15, 0.2) is 60.3 Å². The minimum Gasteiger partial charge on any atom is -0.454 e. The second-order valence-corrected chi connectivity index (χ2v) is 11.5. The zero-order chi connectivity index (χ0) is 26.5. The second-order valence-electron chi connectivity index (χ2n) is 11.5. The van der Waals surface area contributed by atoms with Gasteiger partial charge < -0.3 is 9.47 Å². The lowest BCUT2D eigenvalue weighted by molar-refractivity contribution is -0.0693. The first-order valence-electron chi connectivity index (χ1n) is 13.8. The van der Waals surface area contributed by atoms with Crippen molar-refractivity contribution in [3.05, 3.63) is 88.5 Å². The molecule has 1 aromatic heterocycles. The van der Waals surface area contributed by atoms with Crippen LogP contribution in [0, 0.1) is 16.6 Å². The van der Waals surface area contributed by atoms with Gasteiger partial charge in [0.1, 0.15) is 11.9 Å². The van der Waals surface area contributed by atoms with E-state index in [0.29, 0.717) is 12.2 Å². The maximum absolute atomic E-state index is 13.6. The number of allylic oxidation sites excluding steroid dienone is 1. The van der Waals surface area contributed by atoms with Crippen LogP contribution in [-0.2, 0) is 15.9 Å². The van der Waals surface area contributed by atoms with Crippen LogP contribution >= 0.6 is 0 Å². The molecule has 0 spiro atoms. The fourth-order valence-corrected chi connectivity index (χ4v) is 6.95. The fourth-order valence-electron chi connectivity index (χ4n) is 6.95. The van der Waals surface area contributed by atoms with Crippen molar-refractivity contribution in [2.24, 2.45) is 10.8 Å². The van der Waals surface area contributed by atoms with Crippen molar-refractivity contribution in [3.8, 4) is 5.69 Å². The van der Waals surface area contributed by atoms with Gasteiger partial charge in [0.05, 0.1) is 35.9 Å². The SMILES string of the molecule is CCCC(C)OCC1(CC2OC(=O)c3ccccc32)CCC2=Cc3c(cnn3-c3ccc(F)cc3)CC21C. The number of halogens is 1. The number of cyclic esters (lactones) is 1. The first kappa shape index (κ1) is 25.1. The van der Waals surface area contributed by atoms with E-state index in [1.807, 2.05) is 35.1 Å². The second kappa shape index (κ2) is 9.49. The van der Waals surface area contributed by atoms with Gasteiger partial charge in [-0.05, 0) is 81.0 Å². The molecule has 5 nitrogen and oxygen atoms in total. The molecule has 0 saturated heterocycles. The van der Waals surface area contributed by atoms with E-state index in [-0.39, 0.29) is 34.8 Å².